The molecule has 0 aliphatic heterocycles. The third kappa shape index (κ3) is 4.52. The Morgan fingerprint density at radius 1 is 1.00 bits per heavy atom. The van der Waals surface area contributed by atoms with Gasteiger partial charge >= 0.3 is 0 Å². The van der Waals surface area contributed by atoms with E-state index in [1.54, 1.807) is 43.5 Å². The number of nitrogens with zero attached hydrogens (tertiary/aromatic N) is 4. The van der Waals surface area contributed by atoms with Gasteiger partial charge < -0.3 is 4.74 Å². The summed E-state index contributed by atoms with van der Waals surface area (Å²) in [6.45, 7) is 0. The van der Waals surface area contributed by atoms with E-state index in [0.29, 0.717) is 27.9 Å². The van der Waals surface area contributed by atoms with E-state index < -0.39 is 4.92 Å². The van der Waals surface area contributed by atoms with Crippen molar-refractivity contribution >= 4 is 23.2 Å². The average molecular weight is 446 g/mol. The molecule has 0 bridgehead atoms. The summed E-state index contributed by atoms with van der Waals surface area (Å²) in [6.07, 6.45) is 0. The van der Waals surface area contributed by atoms with Crippen molar-refractivity contribution in [3.63, 3.8) is 0 Å². The summed E-state index contributed by atoms with van der Waals surface area (Å²) in [7, 11) is 1.58. The lowest BCUT2D eigenvalue weighted by Gasteiger charge is -2.10. The van der Waals surface area contributed by atoms with Crippen molar-refractivity contribution < 1.29 is 14.5 Å². The Balaban J connectivity index is 1.63. The van der Waals surface area contributed by atoms with Crippen LogP contribution >= 0.6 is 11.8 Å². The number of nitro benzene ring substituents is 1. The SMILES string of the molecule is COc1ccc(C(=O)CSc2nnc(-c3ccc([N+](=O)[O-])cc3)n2-c2ccccc2)cc1. The lowest BCUT2D eigenvalue weighted by molar-refractivity contribution is -0.384. The molecule has 8 nitrogen and oxygen atoms in total. The lowest BCUT2D eigenvalue weighted by atomic mass is 10.1. The van der Waals surface area contributed by atoms with Crippen molar-refractivity contribution in [3.05, 3.63) is 94.5 Å². The van der Waals surface area contributed by atoms with Crippen molar-refractivity contribution in [2.24, 2.45) is 0 Å². The van der Waals surface area contributed by atoms with E-state index in [1.807, 2.05) is 34.9 Å². The lowest BCUT2D eigenvalue weighted by Crippen LogP contribution is -2.05. The number of carbonyl (C=O) groups is 1. The molecule has 9 heteroatoms. The molecule has 0 amide bonds. The number of para-hydroxylation sites is 1. The Hall–Kier alpha value is -3.98. The van der Waals surface area contributed by atoms with E-state index in [-0.39, 0.29) is 17.2 Å². The second kappa shape index (κ2) is 9.44. The minimum atomic E-state index is -0.447. The van der Waals surface area contributed by atoms with Crippen molar-refractivity contribution in [2.45, 2.75) is 5.16 Å². The van der Waals surface area contributed by atoms with Gasteiger partial charge in [-0.1, -0.05) is 30.0 Å². The first kappa shape index (κ1) is 21.3. The molecule has 0 spiro atoms. The maximum Gasteiger partial charge on any atom is 0.269 e. The summed E-state index contributed by atoms with van der Waals surface area (Å²) in [5.74, 6) is 1.35. The Kier molecular flexibility index (Phi) is 6.27. The van der Waals surface area contributed by atoms with E-state index in [4.69, 9.17) is 4.74 Å². The van der Waals surface area contributed by atoms with Gasteiger partial charge in [0.25, 0.3) is 5.69 Å². The summed E-state index contributed by atoms with van der Waals surface area (Å²) in [5.41, 5.74) is 2.09. The van der Waals surface area contributed by atoms with Gasteiger partial charge in [0.05, 0.1) is 17.8 Å². The van der Waals surface area contributed by atoms with Gasteiger partial charge in [0.15, 0.2) is 16.8 Å². The van der Waals surface area contributed by atoms with Crippen LogP contribution in [0.4, 0.5) is 5.69 Å². The van der Waals surface area contributed by atoms with Gasteiger partial charge in [0, 0.05) is 28.9 Å². The fourth-order valence-electron chi connectivity index (χ4n) is 3.08. The smallest absolute Gasteiger partial charge is 0.269 e. The van der Waals surface area contributed by atoms with E-state index in [2.05, 4.69) is 10.2 Å². The van der Waals surface area contributed by atoms with Gasteiger partial charge in [-0.2, -0.15) is 0 Å². The molecule has 160 valence electrons. The number of carbonyl (C=O) groups excluding carboxylic acids is 1. The fourth-order valence-corrected chi connectivity index (χ4v) is 3.93. The number of hydrogen-bond donors (Lipinski definition) is 0. The summed E-state index contributed by atoms with van der Waals surface area (Å²) >= 11 is 1.28. The number of Topliss-reactive ketones (excluding diaryl/α,β-unsaturated/α-hetero) is 1. The van der Waals surface area contributed by atoms with Gasteiger partial charge in [-0.05, 0) is 48.5 Å². The zero-order chi connectivity index (χ0) is 22.5. The second-order valence-electron chi connectivity index (χ2n) is 6.72. The number of thioether (sulfide) groups is 1. The van der Waals surface area contributed by atoms with Crippen molar-refractivity contribution in [3.8, 4) is 22.8 Å². The van der Waals surface area contributed by atoms with Crippen LogP contribution in [0.25, 0.3) is 17.1 Å². The van der Waals surface area contributed by atoms with E-state index in [1.165, 1.54) is 23.9 Å². The first-order valence-corrected chi connectivity index (χ1v) is 10.6. The first-order chi connectivity index (χ1) is 15.6. The van der Waals surface area contributed by atoms with Crippen LogP contribution in [0.15, 0.2) is 84.0 Å². The molecule has 0 radical (unpaired) electrons. The Labute approximate surface area is 188 Å². The summed E-state index contributed by atoms with van der Waals surface area (Å²) < 4.78 is 6.97. The molecule has 0 N–H and O–H groups in total. The summed E-state index contributed by atoms with van der Waals surface area (Å²) in [4.78, 5) is 23.2. The van der Waals surface area contributed by atoms with Gasteiger partial charge in [-0.15, -0.1) is 10.2 Å². The minimum absolute atomic E-state index is 0.000729. The van der Waals surface area contributed by atoms with Gasteiger partial charge in [-0.3, -0.25) is 19.5 Å². The molecule has 4 aromatic rings. The molecule has 4 rings (SSSR count). The highest BCUT2D eigenvalue weighted by atomic mass is 32.2. The molecule has 0 aliphatic rings. The fraction of sp³-hybridized carbons (Fsp3) is 0.0870. The predicted molar refractivity (Wildman–Crippen MR) is 121 cm³/mol. The zero-order valence-corrected chi connectivity index (χ0v) is 17.9. The van der Waals surface area contributed by atoms with Gasteiger partial charge in [-0.25, -0.2) is 0 Å². The maximum absolute atomic E-state index is 12.7. The topological polar surface area (TPSA) is 100 Å². The highest BCUT2D eigenvalue weighted by molar-refractivity contribution is 7.99. The maximum atomic E-state index is 12.7. The third-order valence-electron chi connectivity index (χ3n) is 4.73. The van der Waals surface area contributed by atoms with Crippen LogP contribution in [0.5, 0.6) is 5.75 Å². The van der Waals surface area contributed by atoms with Crippen molar-refractivity contribution in [1.29, 1.82) is 0 Å². The van der Waals surface area contributed by atoms with Crippen LogP contribution in [-0.4, -0.2) is 38.3 Å². The number of nitro groups is 1. The van der Waals surface area contributed by atoms with Crippen LogP contribution < -0.4 is 4.74 Å². The normalized spacial score (nSPS) is 10.7. The number of ether oxygens (including phenoxy) is 1. The minimum Gasteiger partial charge on any atom is -0.497 e. The highest BCUT2D eigenvalue weighted by Gasteiger charge is 2.18. The third-order valence-corrected chi connectivity index (χ3v) is 5.66. The molecule has 0 unspecified atom stereocenters. The largest absolute Gasteiger partial charge is 0.497 e. The zero-order valence-electron chi connectivity index (χ0n) is 17.0. The van der Waals surface area contributed by atoms with Crippen LogP contribution in [-0.2, 0) is 0 Å². The summed E-state index contributed by atoms with van der Waals surface area (Å²) in [6, 6.07) is 22.6. The molecule has 0 aliphatic carbocycles. The van der Waals surface area contributed by atoms with Crippen LogP contribution in [0.3, 0.4) is 0 Å². The molecule has 0 saturated carbocycles. The number of ketones is 1. The average Bonchev–Trinajstić information content (AvgIpc) is 3.27. The second-order valence-corrected chi connectivity index (χ2v) is 7.66. The number of benzene rings is 3. The Bertz CT molecular complexity index is 1240. The molecule has 3 aromatic carbocycles. The Morgan fingerprint density at radius 3 is 2.31 bits per heavy atom. The predicted octanol–water partition coefficient (Wildman–Crippen LogP) is 4.83. The summed E-state index contributed by atoms with van der Waals surface area (Å²) in [5, 5.41) is 20.1. The standard InChI is InChI=1S/C23H18N4O4S/c1-31-20-13-9-16(10-14-20)21(28)15-32-23-25-24-22(26(23)18-5-3-2-4-6-18)17-7-11-19(12-8-17)27(29)30/h2-14H,15H2,1H3. The van der Waals surface area contributed by atoms with Crippen LogP contribution in [0.1, 0.15) is 10.4 Å². The van der Waals surface area contributed by atoms with Crippen LogP contribution in [0, 0.1) is 10.1 Å². The quantitative estimate of drug-likeness (QED) is 0.165. The highest BCUT2D eigenvalue weighted by Crippen LogP contribution is 2.29. The molecule has 1 aromatic heterocycles. The van der Waals surface area contributed by atoms with E-state index in [9.17, 15) is 14.9 Å². The molecular weight excluding hydrogens is 428 g/mol. The number of hydrogen-bond acceptors (Lipinski definition) is 7. The monoisotopic (exact) mass is 446 g/mol. The van der Waals surface area contributed by atoms with E-state index >= 15 is 0 Å². The first-order valence-electron chi connectivity index (χ1n) is 9.62. The van der Waals surface area contributed by atoms with Crippen molar-refractivity contribution in [2.75, 3.05) is 12.9 Å². The van der Waals surface area contributed by atoms with Crippen LogP contribution in [0.2, 0.25) is 0 Å². The van der Waals surface area contributed by atoms with Gasteiger partial charge in [0.2, 0.25) is 0 Å². The molecule has 1 heterocycles. The molecule has 32 heavy (non-hydrogen) atoms. The van der Waals surface area contributed by atoms with E-state index in [0.717, 1.165) is 5.69 Å². The molecule has 0 fully saturated rings. The Morgan fingerprint density at radius 2 is 1.69 bits per heavy atom. The molecular formula is C23H18N4O4S. The number of aromatic nitrogens is 3. The number of non-ortho nitro benzene ring substituents is 1. The number of rotatable bonds is 8. The van der Waals surface area contributed by atoms with Crippen molar-refractivity contribution in [1.82, 2.24) is 14.8 Å². The van der Waals surface area contributed by atoms with Gasteiger partial charge in [0.1, 0.15) is 5.75 Å². The molecule has 0 atom stereocenters. The number of methoxy groups -OCH3 is 1. The molecule has 0 saturated heterocycles.